The predicted octanol–water partition coefficient (Wildman–Crippen LogP) is 1.59. The third-order valence-electron chi connectivity index (χ3n) is 4.31. The molecule has 0 saturated carbocycles. The van der Waals surface area contributed by atoms with E-state index in [1.165, 1.54) is 0 Å². The summed E-state index contributed by atoms with van der Waals surface area (Å²) in [6.07, 6.45) is -0.106. The Bertz CT molecular complexity index is 586. The molecule has 1 heterocycles. The minimum Gasteiger partial charge on any atom is -0.445 e. The second kappa shape index (κ2) is 11.8. The largest absolute Gasteiger partial charge is 0.445 e. The van der Waals surface area contributed by atoms with Gasteiger partial charge in [-0.15, -0.1) is 12.4 Å². The van der Waals surface area contributed by atoms with Crippen LogP contribution in [-0.4, -0.2) is 48.4 Å². The third kappa shape index (κ3) is 8.15. The Balaban J connectivity index is 0.00000364. The average Bonchev–Trinajstić information content (AvgIpc) is 2.62. The molecule has 152 valence electrons. The van der Waals surface area contributed by atoms with E-state index >= 15 is 0 Å². The van der Waals surface area contributed by atoms with Crippen molar-refractivity contribution in [1.29, 1.82) is 0 Å². The Morgan fingerprint density at radius 1 is 1.30 bits per heavy atom. The van der Waals surface area contributed by atoms with Crippen LogP contribution in [0.3, 0.4) is 0 Å². The maximum atomic E-state index is 12.6. The van der Waals surface area contributed by atoms with Crippen LogP contribution in [0.25, 0.3) is 0 Å². The highest BCUT2D eigenvalue weighted by molar-refractivity contribution is 5.86. The summed E-state index contributed by atoms with van der Waals surface area (Å²) in [5.41, 5.74) is 0.880. The summed E-state index contributed by atoms with van der Waals surface area (Å²) in [4.78, 5) is 24.7. The number of benzene rings is 1. The van der Waals surface area contributed by atoms with Gasteiger partial charge in [-0.25, -0.2) is 4.79 Å². The van der Waals surface area contributed by atoms with E-state index in [1.807, 2.05) is 44.2 Å². The lowest BCUT2D eigenvalue weighted by Gasteiger charge is -2.31. The zero-order valence-corrected chi connectivity index (χ0v) is 16.6. The molecular weight excluding hydrogens is 370 g/mol. The van der Waals surface area contributed by atoms with Gasteiger partial charge in [0.2, 0.25) is 5.91 Å². The summed E-state index contributed by atoms with van der Waals surface area (Å²) >= 11 is 0. The van der Waals surface area contributed by atoms with Crippen LogP contribution in [0.1, 0.15) is 32.3 Å². The molecule has 2 unspecified atom stereocenters. The first kappa shape index (κ1) is 23.2. The van der Waals surface area contributed by atoms with Gasteiger partial charge in [-0.05, 0) is 30.9 Å². The molecule has 0 bridgehead atoms. The highest BCUT2D eigenvalue weighted by Crippen LogP contribution is 2.09. The summed E-state index contributed by atoms with van der Waals surface area (Å²) in [5.74, 6) is -0.0700. The second-order valence-corrected chi connectivity index (χ2v) is 7.06. The fraction of sp³-hybridized carbons (Fsp3) is 0.579. The average molecular weight is 400 g/mol. The van der Waals surface area contributed by atoms with Gasteiger partial charge >= 0.3 is 6.09 Å². The van der Waals surface area contributed by atoms with Crippen molar-refractivity contribution >= 4 is 24.4 Å². The van der Waals surface area contributed by atoms with Gasteiger partial charge in [0, 0.05) is 6.54 Å². The van der Waals surface area contributed by atoms with E-state index in [-0.39, 0.29) is 36.9 Å². The van der Waals surface area contributed by atoms with Crippen LogP contribution in [0.4, 0.5) is 4.79 Å². The van der Waals surface area contributed by atoms with Crippen molar-refractivity contribution in [3.8, 4) is 0 Å². The van der Waals surface area contributed by atoms with Crippen molar-refractivity contribution < 1.29 is 19.4 Å². The molecule has 2 amide bonds. The molecule has 0 radical (unpaired) electrons. The number of aliphatic hydroxyl groups excluding tert-OH is 1. The Hall–Kier alpha value is -1.83. The van der Waals surface area contributed by atoms with Gasteiger partial charge in [-0.3, -0.25) is 4.79 Å². The minimum atomic E-state index is -0.694. The van der Waals surface area contributed by atoms with E-state index < -0.39 is 18.2 Å². The zero-order valence-electron chi connectivity index (χ0n) is 15.8. The quantitative estimate of drug-likeness (QED) is 0.558. The number of amides is 2. The number of alkyl carbamates (subject to hydrolysis) is 1. The standard InChI is InChI=1S/C19H29N3O4.ClH/c1-13(2)10-16(18(24)21-15-8-9-20-11-17(15)23)22-19(25)26-12-14-6-4-3-5-7-14;/h3-7,13,15-17,20,23H,8-12H2,1-2H3,(H,21,24)(H,22,25);1H/t15?,16-,17?;/m0./s1. The molecule has 1 aromatic carbocycles. The number of rotatable bonds is 7. The first-order valence-electron chi connectivity index (χ1n) is 9.12. The van der Waals surface area contributed by atoms with E-state index in [1.54, 1.807) is 0 Å². The van der Waals surface area contributed by atoms with Gasteiger partial charge in [-0.2, -0.15) is 0 Å². The number of aliphatic hydroxyl groups is 1. The number of hydrogen-bond donors (Lipinski definition) is 4. The lowest BCUT2D eigenvalue weighted by atomic mass is 10.00. The fourth-order valence-electron chi connectivity index (χ4n) is 2.90. The van der Waals surface area contributed by atoms with Crippen molar-refractivity contribution in [1.82, 2.24) is 16.0 Å². The molecule has 1 saturated heterocycles. The van der Waals surface area contributed by atoms with Gasteiger partial charge in [-0.1, -0.05) is 44.2 Å². The normalized spacial score (nSPS) is 20.3. The van der Waals surface area contributed by atoms with Crippen LogP contribution in [0.5, 0.6) is 0 Å². The molecule has 2 rings (SSSR count). The van der Waals surface area contributed by atoms with Gasteiger partial charge < -0.3 is 25.8 Å². The summed E-state index contributed by atoms with van der Waals surface area (Å²) in [7, 11) is 0. The van der Waals surface area contributed by atoms with Crippen LogP contribution >= 0.6 is 12.4 Å². The number of piperidine rings is 1. The van der Waals surface area contributed by atoms with Gasteiger partial charge in [0.1, 0.15) is 12.6 Å². The lowest BCUT2D eigenvalue weighted by molar-refractivity contribution is -0.125. The van der Waals surface area contributed by atoms with E-state index in [9.17, 15) is 14.7 Å². The first-order valence-corrected chi connectivity index (χ1v) is 9.12. The third-order valence-corrected chi connectivity index (χ3v) is 4.31. The highest BCUT2D eigenvalue weighted by atomic mass is 35.5. The number of ether oxygens (including phenoxy) is 1. The van der Waals surface area contributed by atoms with Crippen LogP contribution < -0.4 is 16.0 Å². The topological polar surface area (TPSA) is 99.7 Å². The number of β-amino-alcohol motifs (C(OH)–C–C–N with tert-alkyl or cyclic N) is 1. The van der Waals surface area contributed by atoms with Crippen molar-refractivity contribution in [2.45, 2.75) is 51.5 Å². The van der Waals surface area contributed by atoms with Crippen LogP contribution in [-0.2, 0) is 16.1 Å². The van der Waals surface area contributed by atoms with Crippen LogP contribution in [0.15, 0.2) is 30.3 Å². The van der Waals surface area contributed by atoms with Crippen molar-refractivity contribution in [3.63, 3.8) is 0 Å². The maximum absolute atomic E-state index is 12.6. The van der Waals surface area contributed by atoms with E-state index in [4.69, 9.17) is 4.74 Å². The Labute approximate surface area is 166 Å². The molecule has 1 aliphatic heterocycles. The van der Waals surface area contributed by atoms with E-state index in [0.717, 1.165) is 12.1 Å². The number of nitrogens with one attached hydrogen (secondary N) is 3. The summed E-state index contributed by atoms with van der Waals surface area (Å²) in [5, 5.41) is 18.6. The SMILES string of the molecule is CC(C)C[C@H](NC(=O)OCc1ccccc1)C(=O)NC1CCNCC1O.Cl. The Morgan fingerprint density at radius 2 is 2.00 bits per heavy atom. The Kier molecular flexibility index (Phi) is 10.1. The van der Waals surface area contributed by atoms with E-state index in [2.05, 4.69) is 16.0 Å². The monoisotopic (exact) mass is 399 g/mol. The predicted molar refractivity (Wildman–Crippen MR) is 106 cm³/mol. The number of carbonyl (C=O) groups excluding carboxylic acids is 2. The lowest BCUT2D eigenvalue weighted by Crippen LogP contribution is -2.57. The Morgan fingerprint density at radius 3 is 2.63 bits per heavy atom. The summed E-state index contributed by atoms with van der Waals surface area (Å²) in [6, 6.07) is 8.36. The van der Waals surface area contributed by atoms with Crippen molar-refractivity contribution in [2.75, 3.05) is 13.1 Å². The first-order chi connectivity index (χ1) is 12.5. The van der Waals surface area contributed by atoms with Crippen LogP contribution in [0, 0.1) is 5.92 Å². The van der Waals surface area contributed by atoms with E-state index in [0.29, 0.717) is 19.4 Å². The molecule has 8 heteroatoms. The molecule has 0 spiro atoms. The molecule has 4 N–H and O–H groups in total. The number of halogens is 1. The molecule has 3 atom stereocenters. The molecular formula is C19H30ClN3O4. The number of carbonyl (C=O) groups is 2. The molecule has 0 aromatic heterocycles. The summed E-state index contributed by atoms with van der Waals surface area (Å²) in [6.45, 7) is 5.30. The molecule has 1 fully saturated rings. The molecule has 1 aromatic rings. The summed E-state index contributed by atoms with van der Waals surface area (Å²) < 4.78 is 5.21. The highest BCUT2D eigenvalue weighted by Gasteiger charge is 2.29. The molecule has 0 aliphatic carbocycles. The van der Waals surface area contributed by atoms with Gasteiger partial charge in [0.05, 0.1) is 12.1 Å². The van der Waals surface area contributed by atoms with Gasteiger partial charge in [0.15, 0.2) is 0 Å². The minimum absolute atomic E-state index is 0. The smallest absolute Gasteiger partial charge is 0.408 e. The number of hydrogen-bond acceptors (Lipinski definition) is 5. The van der Waals surface area contributed by atoms with Crippen molar-refractivity contribution in [3.05, 3.63) is 35.9 Å². The molecule has 1 aliphatic rings. The maximum Gasteiger partial charge on any atom is 0.408 e. The zero-order chi connectivity index (χ0) is 18.9. The van der Waals surface area contributed by atoms with Gasteiger partial charge in [0.25, 0.3) is 0 Å². The van der Waals surface area contributed by atoms with Crippen LogP contribution in [0.2, 0.25) is 0 Å². The second-order valence-electron chi connectivity index (χ2n) is 7.06. The van der Waals surface area contributed by atoms with Crippen molar-refractivity contribution in [2.24, 2.45) is 5.92 Å². The fourth-order valence-corrected chi connectivity index (χ4v) is 2.90. The molecule has 7 nitrogen and oxygen atoms in total. The molecule has 27 heavy (non-hydrogen) atoms.